The van der Waals surface area contributed by atoms with Gasteiger partial charge in [0.15, 0.2) is 17.0 Å². The molecule has 0 unspecified atom stereocenters. The average Bonchev–Trinajstić information content (AvgIpc) is 2.19. The van der Waals surface area contributed by atoms with Crippen molar-refractivity contribution in [2.45, 2.75) is 6.54 Å². The van der Waals surface area contributed by atoms with Gasteiger partial charge in [-0.05, 0) is 14.1 Å². The SMILES string of the molecule is CN(C)Cc1nc2c(N)nc(N)nc2nc1N. The summed E-state index contributed by atoms with van der Waals surface area (Å²) in [7, 11) is 3.82. The first kappa shape index (κ1) is 11.3. The lowest BCUT2D eigenvalue weighted by molar-refractivity contribution is 0.398. The number of anilines is 3. The monoisotopic (exact) mass is 234 g/mol. The molecule has 0 fully saturated rings. The predicted octanol–water partition coefficient (Wildman–Crippen LogP) is -0.772. The zero-order chi connectivity index (χ0) is 12.6. The minimum absolute atomic E-state index is 0.0593. The number of nitrogens with zero attached hydrogens (tertiary/aromatic N) is 5. The van der Waals surface area contributed by atoms with E-state index in [1.54, 1.807) is 0 Å². The third kappa shape index (κ3) is 2.16. The van der Waals surface area contributed by atoms with E-state index in [2.05, 4.69) is 19.9 Å². The Morgan fingerprint density at radius 1 is 0.941 bits per heavy atom. The van der Waals surface area contributed by atoms with Crippen molar-refractivity contribution in [2.75, 3.05) is 31.3 Å². The zero-order valence-electron chi connectivity index (χ0n) is 9.68. The van der Waals surface area contributed by atoms with Crippen LogP contribution in [0.4, 0.5) is 17.6 Å². The lowest BCUT2D eigenvalue weighted by Crippen LogP contribution is -2.15. The van der Waals surface area contributed by atoms with Crippen molar-refractivity contribution in [3.05, 3.63) is 5.69 Å². The van der Waals surface area contributed by atoms with Gasteiger partial charge in [-0.2, -0.15) is 9.97 Å². The number of rotatable bonds is 2. The highest BCUT2D eigenvalue weighted by Gasteiger charge is 2.11. The summed E-state index contributed by atoms with van der Waals surface area (Å²) >= 11 is 0. The summed E-state index contributed by atoms with van der Waals surface area (Å²) in [5.41, 5.74) is 18.4. The van der Waals surface area contributed by atoms with Gasteiger partial charge in [0.25, 0.3) is 0 Å². The lowest BCUT2D eigenvalue weighted by atomic mass is 10.3. The van der Waals surface area contributed by atoms with Crippen LogP contribution in [0, 0.1) is 0 Å². The molecule has 0 amide bonds. The first-order chi connectivity index (χ1) is 7.97. The Kier molecular flexibility index (Phi) is 2.64. The van der Waals surface area contributed by atoms with Crippen LogP contribution in [0.1, 0.15) is 5.69 Å². The maximum Gasteiger partial charge on any atom is 0.224 e. The molecule has 0 atom stereocenters. The molecule has 0 aliphatic rings. The van der Waals surface area contributed by atoms with E-state index in [4.69, 9.17) is 17.2 Å². The van der Waals surface area contributed by atoms with E-state index in [-0.39, 0.29) is 11.8 Å². The van der Waals surface area contributed by atoms with Crippen LogP contribution in [0.15, 0.2) is 0 Å². The fourth-order valence-corrected chi connectivity index (χ4v) is 1.45. The Labute approximate surface area is 97.9 Å². The van der Waals surface area contributed by atoms with Crippen LogP contribution in [-0.4, -0.2) is 38.9 Å². The van der Waals surface area contributed by atoms with Crippen LogP contribution < -0.4 is 17.2 Å². The highest BCUT2D eigenvalue weighted by atomic mass is 15.1. The second kappa shape index (κ2) is 3.98. The molecule has 2 aromatic heterocycles. The lowest BCUT2D eigenvalue weighted by Gasteiger charge is -2.11. The first-order valence-electron chi connectivity index (χ1n) is 4.97. The number of nitrogens with two attached hydrogens (primary N) is 3. The average molecular weight is 234 g/mol. The van der Waals surface area contributed by atoms with E-state index in [0.29, 0.717) is 29.2 Å². The molecule has 0 aliphatic heterocycles. The summed E-state index contributed by atoms with van der Waals surface area (Å²) in [5, 5.41) is 0. The van der Waals surface area contributed by atoms with Crippen molar-refractivity contribution < 1.29 is 0 Å². The van der Waals surface area contributed by atoms with E-state index >= 15 is 0 Å². The van der Waals surface area contributed by atoms with E-state index in [0.717, 1.165) is 0 Å². The highest BCUT2D eigenvalue weighted by Crippen LogP contribution is 2.18. The predicted molar refractivity (Wildman–Crippen MR) is 65.8 cm³/mol. The van der Waals surface area contributed by atoms with Gasteiger partial charge >= 0.3 is 0 Å². The molecule has 0 saturated carbocycles. The number of hydrogen-bond acceptors (Lipinski definition) is 8. The van der Waals surface area contributed by atoms with Gasteiger partial charge in [-0.1, -0.05) is 0 Å². The zero-order valence-corrected chi connectivity index (χ0v) is 9.68. The number of fused-ring (bicyclic) bond motifs is 1. The molecule has 2 aromatic rings. The minimum atomic E-state index is 0.0593. The molecular formula is C9H14N8. The van der Waals surface area contributed by atoms with Gasteiger partial charge in [-0.25, -0.2) is 9.97 Å². The summed E-state index contributed by atoms with van der Waals surface area (Å²) < 4.78 is 0. The van der Waals surface area contributed by atoms with Gasteiger partial charge in [0.05, 0.1) is 5.69 Å². The molecule has 8 nitrogen and oxygen atoms in total. The Balaban J connectivity index is 2.63. The molecule has 90 valence electrons. The maximum atomic E-state index is 5.79. The summed E-state index contributed by atoms with van der Waals surface area (Å²) in [6, 6.07) is 0. The third-order valence-corrected chi connectivity index (χ3v) is 2.14. The van der Waals surface area contributed by atoms with Crippen LogP contribution in [-0.2, 0) is 6.54 Å². The van der Waals surface area contributed by atoms with Gasteiger partial charge in [0, 0.05) is 6.54 Å². The van der Waals surface area contributed by atoms with Crippen LogP contribution in [0.2, 0.25) is 0 Å². The smallest absolute Gasteiger partial charge is 0.224 e. The first-order valence-corrected chi connectivity index (χ1v) is 4.97. The second-order valence-corrected chi connectivity index (χ2v) is 3.93. The van der Waals surface area contributed by atoms with Crippen molar-refractivity contribution in [3.63, 3.8) is 0 Å². The molecule has 0 aliphatic carbocycles. The fourth-order valence-electron chi connectivity index (χ4n) is 1.45. The number of hydrogen-bond donors (Lipinski definition) is 3. The summed E-state index contributed by atoms with van der Waals surface area (Å²) in [6.07, 6.45) is 0. The van der Waals surface area contributed by atoms with Gasteiger partial charge in [0.2, 0.25) is 5.95 Å². The van der Waals surface area contributed by atoms with Gasteiger partial charge < -0.3 is 22.1 Å². The van der Waals surface area contributed by atoms with Gasteiger partial charge in [-0.15, -0.1) is 0 Å². The van der Waals surface area contributed by atoms with Crippen LogP contribution in [0.3, 0.4) is 0 Å². The Hall–Kier alpha value is -2.22. The van der Waals surface area contributed by atoms with E-state index < -0.39 is 0 Å². The molecule has 0 saturated heterocycles. The molecule has 0 spiro atoms. The molecule has 6 N–H and O–H groups in total. The van der Waals surface area contributed by atoms with Crippen molar-refractivity contribution >= 4 is 28.7 Å². The second-order valence-electron chi connectivity index (χ2n) is 3.93. The van der Waals surface area contributed by atoms with Crippen molar-refractivity contribution in [3.8, 4) is 0 Å². The topological polar surface area (TPSA) is 133 Å². The Morgan fingerprint density at radius 2 is 1.65 bits per heavy atom. The van der Waals surface area contributed by atoms with Crippen LogP contribution in [0.25, 0.3) is 11.2 Å². The van der Waals surface area contributed by atoms with E-state index in [1.165, 1.54) is 0 Å². The quantitative estimate of drug-likeness (QED) is 0.616. The van der Waals surface area contributed by atoms with Gasteiger partial charge in [0.1, 0.15) is 5.82 Å². The normalized spacial score (nSPS) is 11.2. The largest absolute Gasteiger partial charge is 0.382 e. The fraction of sp³-hybridized carbons (Fsp3) is 0.333. The minimum Gasteiger partial charge on any atom is -0.382 e. The Morgan fingerprint density at radius 3 is 2.29 bits per heavy atom. The van der Waals surface area contributed by atoms with Gasteiger partial charge in [-0.3, -0.25) is 0 Å². The summed E-state index contributed by atoms with van der Waals surface area (Å²) in [4.78, 5) is 18.2. The molecular weight excluding hydrogens is 220 g/mol. The van der Waals surface area contributed by atoms with E-state index in [1.807, 2.05) is 19.0 Å². The Bertz CT molecular complexity index is 564. The molecule has 0 radical (unpaired) electrons. The number of aromatic nitrogens is 4. The third-order valence-electron chi connectivity index (χ3n) is 2.14. The van der Waals surface area contributed by atoms with E-state index in [9.17, 15) is 0 Å². The van der Waals surface area contributed by atoms with Crippen LogP contribution >= 0.6 is 0 Å². The molecule has 2 rings (SSSR count). The standard InChI is InChI=1S/C9H14N8/c1-17(2)3-4-6(10)14-8-5(13-4)7(11)15-9(12)16-8/h3H2,1-2H3,(H6,10,11,12,14,15,16). The van der Waals surface area contributed by atoms with Crippen molar-refractivity contribution in [1.29, 1.82) is 0 Å². The van der Waals surface area contributed by atoms with Crippen molar-refractivity contribution in [2.24, 2.45) is 0 Å². The van der Waals surface area contributed by atoms with Crippen LogP contribution in [0.5, 0.6) is 0 Å². The highest BCUT2D eigenvalue weighted by molar-refractivity contribution is 5.83. The molecule has 0 aromatic carbocycles. The molecule has 2 heterocycles. The maximum absolute atomic E-state index is 5.79. The van der Waals surface area contributed by atoms with Crippen molar-refractivity contribution in [1.82, 2.24) is 24.8 Å². The summed E-state index contributed by atoms with van der Waals surface area (Å²) in [5.74, 6) is 0.591. The molecule has 0 bridgehead atoms. The molecule has 8 heteroatoms. The molecule has 17 heavy (non-hydrogen) atoms. The summed E-state index contributed by atoms with van der Waals surface area (Å²) in [6.45, 7) is 0.568. The number of nitrogen functional groups attached to an aromatic ring is 3.